The summed E-state index contributed by atoms with van der Waals surface area (Å²) in [6.45, 7) is 2.41. The molecule has 36 heavy (non-hydrogen) atoms. The minimum Gasteiger partial charge on any atom is -0.501 e. The highest BCUT2D eigenvalue weighted by molar-refractivity contribution is 5.94. The number of carbonyl (C=O) groups is 2. The average molecular weight is 501 g/mol. The highest BCUT2D eigenvalue weighted by Gasteiger charge is 2.33. The zero-order chi connectivity index (χ0) is 25.8. The molecule has 4 rings (SSSR count). The lowest BCUT2D eigenvalue weighted by atomic mass is 10.1. The zero-order valence-electron chi connectivity index (χ0n) is 20.2. The first-order chi connectivity index (χ1) is 17.3. The van der Waals surface area contributed by atoms with E-state index in [0.29, 0.717) is 18.4 Å². The molecule has 0 aliphatic carbocycles. The minimum atomic E-state index is -0.773. The van der Waals surface area contributed by atoms with Gasteiger partial charge in [0.15, 0.2) is 11.5 Å². The van der Waals surface area contributed by atoms with E-state index in [4.69, 9.17) is 9.47 Å². The lowest BCUT2D eigenvalue weighted by Crippen LogP contribution is -2.38. The molecule has 2 bridgehead atoms. The third kappa shape index (κ3) is 5.31. The molecule has 1 amide bonds. The predicted molar refractivity (Wildman–Crippen MR) is 128 cm³/mol. The van der Waals surface area contributed by atoms with E-state index in [9.17, 15) is 23.9 Å². The minimum absolute atomic E-state index is 0.00843. The van der Waals surface area contributed by atoms with Crippen molar-refractivity contribution in [1.29, 1.82) is 0 Å². The van der Waals surface area contributed by atoms with Crippen LogP contribution < -0.4 is 15.6 Å². The predicted octanol–water partition coefficient (Wildman–Crippen LogP) is 1.88. The van der Waals surface area contributed by atoms with Gasteiger partial charge in [0.05, 0.1) is 38.4 Å². The number of ether oxygens (including phenoxy) is 2. The summed E-state index contributed by atoms with van der Waals surface area (Å²) in [6, 6.07) is 2.92. The lowest BCUT2D eigenvalue weighted by molar-refractivity contribution is -0.116. The van der Waals surface area contributed by atoms with Crippen molar-refractivity contribution in [3.8, 4) is 11.5 Å². The van der Waals surface area contributed by atoms with E-state index < -0.39 is 40.8 Å². The van der Waals surface area contributed by atoms with Crippen molar-refractivity contribution in [3.05, 3.63) is 63.6 Å². The van der Waals surface area contributed by atoms with E-state index in [1.54, 1.807) is 18.0 Å². The van der Waals surface area contributed by atoms with Gasteiger partial charge in [-0.2, -0.15) is 0 Å². The van der Waals surface area contributed by atoms with Crippen LogP contribution in [0.4, 0.5) is 4.39 Å². The first-order valence-corrected chi connectivity index (χ1v) is 11.8. The van der Waals surface area contributed by atoms with E-state index in [-0.39, 0.29) is 50.3 Å². The van der Waals surface area contributed by atoms with Gasteiger partial charge in [-0.3, -0.25) is 23.9 Å². The summed E-state index contributed by atoms with van der Waals surface area (Å²) in [5.41, 5.74) is -0.686. The van der Waals surface area contributed by atoms with Gasteiger partial charge in [0, 0.05) is 18.2 Å². The van der Waals surface area contributed by atoms with Gasteiger partial charge in [0.2, 0.25) is 5.75 Å². The number of halogens is 1. The molecule has 0 saturated carbocycles. The molecule has 10 nitrogen and oxygen atoms in total. The zero-order valence-corrected chi connectivity index (χ0v) is 20.2. The largest absolute Gasteiger partial charge is 0.501 e. The van der Waals surface area contributed by atoms with Gasteiger partial charge >= 0.3 is 0 Å². The third-order valence-corrected chi connectivity index (χ3v) is 6.31. The number of aromatic hydroxyl groups is 1. The fraction of sp³-hybridized carbons (Fsp3) is 0.440. The van der Waals surface area contributed by atoms with Crippen LogP contribution in [0.3, 0.4) is 0 Å². The Morgan fingerprint density at radius 2 is 2.06 bits per heavy atom. The molecule has 0 spiro atoms. The number of hydrogen-bond donors (Lipinski definition) is 2. The SMILES string of the molecule is CCC1COCC2c3nc(c(O)c(=O)n31)C(=O)NCc1ccc(F)cc1OCCC=CC(=O)CN2C. The fourth-order valence-electron chi connectivity index (χ4n) is 4.31. The molecule has 0 fully saturated rings. The van der Waals surface area contributed by atoms with Crippen LogP contribution in [0.5, 0.6) is 11.5 Å². The van der Waals surface area contributed by atoms with Crippen LogP contribution in [0.1, 0.15) is 53.7 Å². The highest BCUT2D eigenvalue weighted by atomic mass is 19.1. The summed E-state index contributed by atoms with van der Waals surface area (Å²) in [6.07, 6.45) is 4.08. The van der Waals surface area contributed by atoms with Gasteiger partial charge in [-0.05, 0) is 32.0 Å². The maximum Gasteiger partial charge on any atom is 0.296 e. The van der Waals surface area contributed by atoms with E-state index in [1.165, 1.54) is 28.8 Å². The molecule has 0 radical (unpaired) electrons. The van der Waals surface area contributed by atoms with E-state index in [0.717, 1.165) is 0 Å². The number of nitrogens with zero attached hydrogens (tertiary/aromatic N) is 3. The molecule has 2 aliphatic heterocycles. The van der Waals surface area contributed by atoms with Gasteiger partial charge in [-0.15, -0.1) is 0 Å². The van der Waals surface area contributed by atoms with Crippen LogP contribution >= 0.6 is 0 Å². The second-order valence-corrected chi connectivity index (χ2v) is 8.81. The number of ketones is 1. The molecule has 2 aliphatic rings. The summed E-state index contributed by atoms with van der Waals surface area (Å²) in [5.74, 6) is -1.76. The molecule has 0 saturated heterocycles. The Morgan fingerprint density at radius 3 is 2.83 bits per heavy atom. The van der Waals surface area contributed by atoms with Crippen molar-refractivity contribution in [2.45, 2.75) is 38.4 Å². The number of amides is 1. The summed E-state index contributed by atoms with van der Waals surface area (Å²) < 4.78 is 26.7. The van der Waals surface area contributed by atoms with Gasteiger partial charge in [0.1, 0.15) is 17.4 Å². The molecule has 11 heteroatoms. The lowest BCUT2D eigenvalue weighted by Gasteiger charge is -2.27. The van der Waals surface area contributed by atoms with Crippen molar-refractivity contribution in [2.24, 2.45) is 0 Å². The number of aromatic nitrogens is 2. The Morgan fingerprint density at radius 1 is 1.25 bits per heavy atom. The molecule has 2 aromatic rings. The molecule has 2 N–H and O–H groups in total. The normalized spacial score (nSPS) is 21.6. The summed E-state index contributed by atoms with van der Waals surface area (Å²) in [4.78, 5) is 45.0. The van der Waals surface area contributed by atoms with Gasteiger partial charge < -0.3 is 19.9 Å². The number of rotatable bonds is 1. The molecule has 1 aromatic heterocycles. The third-order valence-electron chi connectivity index (χ3n) is 6.31. The fourth-order valence-corrected chi connectivity index (χ4v) is 4.31. The number of hydrogen-bond acceptors (Lipinski definition) is 8. The average Bonchev–Trinajstić information content (AvgIpc) is 3.04. The van der Waals surface area contributed by atoms with E-state index in [1.807, 2.05) is 6.92 Å². The molecule has 2 unspecified atom stereocenters. The molecular formula is C25H29FN4O6. The molecule has 2 atom stereocenters. The first kappa shape index (κ1) is 25.5. The van der Waals surface area contributed by atoms with Crippen LogP contribution in [0.2, 0.25) is 0 Å². The molecule has 3 heterocycles. The van der Waals surface area contributed by atoms with Crippen molar-refractivity contribution >= 4 is 11.7 Å². The Hall–Kier alpha value is -3.57. The van der Waals surface area contributed by atoms with E-state index >= 15 is 0 Å². The Kier molecular flexibility index (Phi) is 7.80. The van der Waals surface area contributed by atoms with Crippen molar-refractivity contribution < 1.29 is 28.6 Å². The van der Waals surface area contributed by atoms with Crippen LogP contribution in [0, 0.1) is 5.82 Å². The molecule has 1 aromatic carbocycles. The van der Waals surface area contributed by atoms with Crippen molar-refractivity contribution in [2.75, 3.05) is 33.4 Å². The Bertz CT molecular complexity index is 1240. The Balaban J connectivity index is 1.81. The standard InChI is InChI=1S/C25H29FN4O6/c1-3-17-13-35-14-19-23-28-21(22(32)25(34)30(17)23)24(33)27-11-15-7-8-16(26)10-20(15)36-9-5-4-6-18(31)12-29(19)2/h4,6-8,10,17,19,32H,3,5,9,11-14H2,1-2H3,(H,27,33). The molecule has 192 valence electrons. The summed E-state index contributed by atoms with van der Waals surface area (Å²) in [5, 5.41) is 13.3. The summed E-state index contributed by atoms with van der Waals surface area (Å²) in [7, 11) is 1.71. The molecular weight excluding hydrogens is 471 g/mol. The number of likely N-dealkylation sites (N-methyl/N-ethyl adjacent to an activating group) is 1. The second kappa shape index (κ2) is 11.0. The second-order valence-electron chi connectivity index (χ2n) is 8.81. The summed E-state index contributed by atoms with van der Waals surface area (Å²) >= 11 is 0. The highest BCUT2D eigenvalue weighted by Crippen LogP contribution is 2.28. The quantitative estimate of drug-likeness (QED) is 0.609. The van der Waals surface area contributed by atoms with Gasteiger partial charge in [0.25, 0.3) is 11.5 Å². The van der Waals surface area contributed by atoms with Crippen LogP contribution in [0.15, 0.2) is 35.1 Å². The maximum atomic E-state index is 13.8. The van der Waals surface area contributed by atoms with Gasteiger partial charge in [-0.1, -0.05) is 19.1 Å². The van der Waals surface area contributed by atoms with Crippen molar-refractivity contribution in [1.82, 2.24) is 19.8 Å². The van der Waals surface area contributed by atoms with Crippen molar-refractivity contribution in [3.63, 3.8) is 0 Å². The Labute approximate surface area is 207 Å². The van der Waals surface area contributed by atoms with E-state index in [2.05, 4.69) is 10.3 Å². The smallest absolute Gasteiger partial charge is 0.296 e. The number of fused-ring (bicyclic) bond motifs is 2. The first-order valence-electron chi connectivity index (χ1n) is 11.8. The van der Waals surface area contributed by atoms with Crippen LogP contribution in [-0.2, 0) is 16.1 Å². The van der Waals surface area contributed by atoms with Gasteiger partial charge in [-0.25, -0.2) is 9.37 Å². The number of carbonyl (C=O) groups excluding carboxylic acids is 2. The van der Waals surface area contributed by atoms with Crippen LogP contribution in [0.25, 0.3) is 0 Å². The topological polar surface area (TPSA) is 123 Å². The maximum absolute atomic E-state index is 13.8. The number of benzene rings is 1. The monoisotopic (exact) mass is 500 g/mol. The number of nitrogens with one attached hydrogen (secondary N) is 1. The van der Waals surface area contributed by atoms with Crippen LogP contribution in [-0.4, -0.2) is 64.7 Å².